The maximum Gasteiger partial charge on any atom is 0.263 e. The molecule has 0 fully saturated rings. The molecule has 1 aromatic rings. The van der Waals surface area contributed by atoms with E-state index in [-0.39, 0.29) is 5.91 Å². The monoisotopic (exact) mass is 199 g/mol. The average Bonchev–Trinajstić information content (AvgIpc) is 2.41. The molecular formula is C8H13N3OS. The average molecular weight is 199 g/mol. The highest BCUT2D eigenvalue weighted by atomic mass is 32.1. The SMILES string of the molecule is Cc1nc(C)c(C(=O)NCCN)s1. The van der Waals surface area contributed by atoms with Gasteiger partial charge in [-0.3, -0.25) is 4.79 Å². The smallest absolute Gasteiger partial charge is 0.263 e. The summed E-state index contributed by atoms with van der Waals surface area (Å²) in [5, 5.41) is 3.62. The van der Waals surface area contributed by atoms with Gasteiger partial charge in [-0.25, -0.2) is 4.98 Å². The summed E-state index contributed by atoms with van der Waals surface area (Å²) in [6.07, 6.45) is 0. The topological polar surface area (TPSA) is 68.0 Å². The fourth-order valence-electron chi connectivity index (χ4n) is 1.01. The number of carbonyl (C=O) groups excluding carboxylic acids is 1. The molecule has 1 rings (SSSR count). The molecule has 5 heteroatoms. The Balaban J connectivity index is 2.70. The van der Waals surface area contributed by atoms with Crippen molar-refractivity contribution in [3.63, 3.8) is 0 Å². The summed E-state index contributed by atoms with van der Waals surface area (Å²) in [5.74, 6) is -0.0754. The van der Waals surface area contributed by atoms with Crippen molar-refractivity contribution in [2.24, 2.45) is 5.73 Å². The maximum atomic E-state index is 11.4. The van der Waals surface area contributed by atoms with E-state index in [1.54, 1.807) is 0 Å². The normalized spacial score (nSPS) is 10.1. The highest BCUT2D eigenvalue weighted by Gasteiger charge is 2.12. The molecule has 0 saturated heterocycles. The Morgan fingerprint density at radius 3 is 2.77 bits per heavy atom. The lowest BCUT2D eigenvalue weighted by molar-refractivity contribution is 0.0958. The molecule has 0 unspecified atom stereocenters. The predicted octanol–water partition coefficient (Wildman–Crippen LogP) is 0.448. The molecule has 0 aliphatic carbocycles. The van der Waals surface area contributed by atoms with Crippen LogP contribution in [0.1, 0.15) is 20.4 Å². The van der Waals surface area contributed by atoms with Gasteiger partial charge in [-0.05, 0) is 13.8 Å². The number of hydrogen-bond acceptors (Lipinski definition) is 4. The van der Waals surface area contributed by atoms with Crippen molar-refractivity contribution in [3.05, 3.63) is 15.6 Å². The number of amides is 1. The van der Waals surface area contributed by atoms with Crippen LogP contribution in [-0.2, 0) is 0 Å². The van der Waals surface area contributed by atoms with Crippen molar-refractivity contribution in [2.75, 3.05) is 13.1 Å². The van der Waals surface area contributed by atoms with Crippen LogP contribution in [0.5, 0.6) is 0 Å². The van der Waals surface area contributed by atoms with Crippen LogP contribution in [0.25, 0.3) is 0 Å². The molecule has 4 nitrogen and oxygen atoms in total. The fourth-order valence-corrected chi connectivity index (χ4v) is 1.84. The molecule has 0 aliphatic heterocycles. The molecule has 0 spiro atoms. The molecule has 72 valence electrons. The van der Waals surface area contributed by atoms with E-state index >= 15 is 0 Å². The summed E-state index contributed by atoms with van der Waals surface area (Å²) in [6, 6.07) is 0. The third kappa shape index (κ3) is 2.50. The van der Waals surface area contributed by atoms with Crippen molar-refractivity contribution in [2.45, 2.75) is 13.8 Å². The fraction of sp³-hybridized carbons (Fsp3) is 0.500. The van der Waals surface area contributed by atoms with Crippen molar-refractivity contribution < 1.29 is 4.79 Å². The lowest BCUT2D eigenvalue weighted by Gasteiger charge is -2.00. The highest BCUT2D eigenvalue weighted by Crippen LogP contribution is 2.16. The van der Waals surface area contributed by atoms with E-state index in [2.05, 4.69) is 10.3 Å². The minimum Gasteiger partial charge on any atom is -0.350 e. The van der Waals surface area contributed by atoms with Crippen molar-refractivity contribution in [3.8, 4) is 0 Å². The van der Waals surface area contributed by atoms with Crippen LogP contribution in [-0.4, -0.2) is 24.0 Å². The molecule has 13 heavy (non-hydrogen) atoms. The second kappa shape index (κ2) is 4.34. The van der Waals surface area contributed by atoms with E-state index in [1.807, 2.05) is 13.8 Å². The maximum absolute atomic E-state index is 11.4. The Hall–Kier alpha value is -0.940. The van der Waals surface area contributed by atoms with Gasteiger partial charge in [0, 0.05) is 13.1 Å². The van der Waals surface area contributed by atoms with Gasteiger partial charge in [-0.1, -0.05) is 0 Å². The van der Waals surface area contributed by atoms with Gasteiger partial charge in [0.15, 0.2) is 0 Å². The van der Waals surface area contributed by atoms with Crippen LogP contribution < -0.4 is 11.1 Å². The van der Waals surface area contributed by atoms with Crippen LogP contribution in [0, 0.1) is 13.8 Å². The number of nitrogens with zero attached hydrogens (tertiary/aromatic N) is 1. The molecule has 0 aromatic carbocycles. The van der Waals surface area contributed by atoms with E-state index in [0.29, 0.717) is 18.0 Å². The Labute approximate surface area is 81.2 Å². The van der Waals surface area contributed by atoms with E-state index in [4.69, 9.17) is 5.73 Å². The van der Waals surface area contributed by atoms with Gasteiger partial charge in [0.1, 0.15) is 4.88 Å². The van der Waals surface area contributed by atoms with Gasteiger partial charge in [-0.2, -0.15) is 0 Å². The van der Waals surface area contributed by atoms with Crippen LogP contribution in [0.15, 0.2) is 0 Å². The Morgan fingerprint density at radius 1 is 1.62 bits per heavy atom. The molecule has 0 atom stereocenters. The van der Waals surface area contributed by atoms with E-state index < -0.39 is 0 Å². The third-order valence-electron chi connectivity index (χ3n) is 1.54. The minimum absolute atomic E-state index is 0.0754. The summed E-state index contributed by atoms with van der Waals surface area (Å²) in [4.78, 5) is 16.3. The Bertz CT molecular complexity index is 308. The van der Waals surface area contributed by atoms with Crippen molar-refractivity contribution in [1.29, 1.82) is 0 Å². The van der Waals surface area contributed by atoms with Crippen LogP contribution in [0.2, 0.25) is 0 Å². The predicted molar refractivity (Wildman–Crippen MR) is 53.0 cm³/mol. The molecule has 1 heterocycles. The molecule has 1 amide bonds. The first-order chi connectivity index (χ1) is 6.15. The highest BCUT2D eigenvalue weighted by molar-refractivity contribution is 7.13. The van der Waals surface area contributed by atoms with Crippen molar-refractivity contribution >= 4 is 17.2 Å². The van der Waals surface area contributed by atoms with E-state index in [0.717, 1.165) is 10.7 Å². The van der Waals surface area contributed by atoms with Crippen LogP contribution >= 0.6 is 11.3 Å². The lowest BCUT2D eigenvalue weighted by atomic mass is 10.4. The quantitative estimate of drug-likeness (QED) is 0.742. The zero-order valence-corrected chi connectivity index (χ0v) is 8.57. The summed E-state index contributed by atoms with van der Waals surface area (Å²) >= 11 is 1.41. The van der Waals surface area contributed by atoms with Gasteiger partial charge in [0.2, 0.25) is 0 Å². The molecule has 0 aliphatic rings. The van der Waals surface area contributed by atoms with E-state index in [9.17, 15) is 4.79 Å². The standard InChI is InChI=1S/C8H13N3OS/c1-5-7(13-6(2)11-5)8(12)10-4-3-9/h3-4,9H2,1-2H3,(H,10,12). The number of aromatic nitrogens is 1. The number of aryl methyl sites for hydroxylation is 2. The number of hydrogen-bond donors (Lipinski definition) is 2. The first-order valence-corrected chi connectivity index (χ1v) is 4.89. The van der Waals surface area contributed by atoms with Gasteiger partial charge in [0.25, 0.3) is 5.91 Å². The van der Waals surface area contributed by atoms with Gasteiger partial charge >= 0.3 is 0 Å². The molecule has 0 saturated carbocycles. The third-order valence-corrected chi connectivity index (χ3v) is 2.61. The molecule has 1 aromatic heterocycles. The summed E-state index contributed by atoms with van der Waals surface area (Å²) in [7, 11) is 0. The first-order valence-electron chi connectivity index (χ1n) is 4.07. The summed E-state index contributed by atoms with van der Waals surface area (Å²) in [5.41, 5.74) is 6.06. The van der Waals surface area contributed by atoms with Crippen LogP contribution in [0.3, 0.4) is 0 Å². The summed E-state index contributed by atoms with van der Waals surface area (Å²) in [6.45, 7) is 4.69. The first kappa shape index (κ1) is 10.1. The molecular weight excluding hydrogens is 186 g/mol. The zero-order valence-electron chi connectivity index (χ0n) is 7.76. The number of nitrogens with one attached hydrogen (secondary N) is 1. The van der Waals surface area contributed by atoms with Gasteiger partial charge < -0.3 is 11.1 Å². The molecule has 0 bridgehead atoms. The van der Waals surface area contributed by atoms with Crippen LogP contribution in [0.4, 0.5) is 0 Å². The lowest BCUT2D eigenvalue weighted by Crippen LogP contribution is -2.28. The number of rotatable bonds is 3. The van der Waals surface area contributed by atoms with Gasteiger partial charge in [0.05, 0.1) is 10.7 Å². The second-order valence-corrected chi connectivity index (χ2v) is 3.90. The minimum atomic E-state index is -0.0754. The zero-order chi connectivity index (χ0) is 9.84. The number of carbonyl (C=O) groups is 1. The van der Waals surface area contributed by atoms with E-state index in [1.165, 1.54) is 11.3 Å². The Kier molecular flexibility index (Phi) is 3.39. The number of nitrogens with two attached hydrogens (primary N) is 1. The largest absolute Gasteiger partial charge is 0.350 e. The Morgan fingerprint density at radius 2 is 2.31 bits per heavy atom. The molecule has 0 radical (unpaired) electrons. The summed E-state index contributed by atoms with van der Waals surface area (Å²) < 4.78 is 0. The van der Waals surface area contributed by atoms with Crippen molar-refractivity contribution in [1.82, 2.24) is 10.3 Å². The molecule has 3 N–H and O–H groups in total. The number of thiazole rings is 1. The van der Waals surface area contributed by atoms with Gasteiger partial charge in [-0.15, -0.1) is 11.3 Å². The second-order valence-electron chi connectivity index (χ2n) is 2.69.